The number of ether oxygens (including phenoxy) is 1. The molecule has 18 heavy (non-hydrogen) atoms. The van der Waals surface area contributed by atoms with Gasteiger partial charge in [0, 0.05) is 5.38 Å². The van der Waals surface area contributed by atoms with Gasteiger partial charge in [-0.05, 0) is 43.9 Å². The molecule has 2 fully saturated rings. The van der Waals surface area contributed by atoms with Crippen molar-refractivity contribution in [3.63, 3.8) is 0 Å². The van der Waals surface area contributed by atoms with E-state index in [2.05, 4.69) is 20.8 Å². The SMILES string of the molecule is CC(C)(C)C(Cl)CCC1CCC2(CCCCC2)O1. The minimum atomic E-state index is 0.211. The molecule has 0 bridgehead atoms. The predicted octanol–water partition coefficient (Wildman–Crippen LogP) is 5.30. The third-order valence-corrected chi connectivity index (χ3v) is 5.66. The van der Waals surface area contributed by atoms with Gasteiger partial charge in [0.1, 0.15) is 0 Å². The molecule has 106 valence electrons. The molecule has 2 atom stereocenters. The average Bonchev–Trinajstić information content (AvgIpc) is 2.69. The molecule has 1 heterocycles. The van der Waals surface area contributed by atoms with Crippen LogP contribution in [0.3, 0.4) is 0 Å². The minimum Gasteiger partial charge on any atom is -0.372 e. The molecule has 0 aromatic heterocycles. The molecule has 1 nitrogen and oxygen atoms in total. The summed E-state index contributed by atoms with van der Waals surface area (Å²) >= 11 is 6.46. The van der Waals surface area contributed by atoms with E-state index in [1.54, 1.807) is 0 Å². The Morgan fingerprint density at radius 3 is 2.44 bits per heavy atom. The first kappa shape index (κ1) is 14.7. The lowest BCUT2D eigenvalue weighted by atomic mass is 9.83. The van der Waals surface area contributed by atoms with Crippen molar-refractivity contribution in [1.82, 2.24) is 0 Å². The second kappa shape index (κ2) is 5.71. The highest BCUT2D eigenvalue weighted by Crippen LogP contribution is 2.43. The quantitative estimate of drug-likeness (QED) is 0.633. The van der Waals surface area contributed by atoms with E-state index in [1.807, 2.05) is 0 Å². The van der Waals surface area contributed by atoms with Gasteiger partial charge in [-0.15, -0.1) is 11.6 Å². The average molecular weight is 273 g/mol. The number of alkyl halides is 1. The van der Waals surface area contributed by atoms with Crippen molar-refractivity contribution in [2.24, 2.45) is 5.41 Å². The van der Waals surface area contributed by atoms with E-state index in [0.717, 1.165) is 12.8 Å². The molecule has 1 saturated carbocycles. The molecule has 1 aliphatic carbocycles. The molecule has 2 heteroatoms. The predicted molar refractivity (Wildman–Crippen MR) is 78.3 cm³/mol. The zero-order valence-corrected chi connectivity index (χ0v) is 13.1. The highest BCUT2D eigenvalue weighted by atomic mass is 35.5. The second-order valence-electron chi connectivity index (χ2n) is 7.43. The lowest BCUT2D eigenvalue weighted by Gasteiger charge is -2.33. The number of hydrogen-bond acceptors (Lipinski definition) is 1. The fourth-order valence-electron chi connectivity index (χ4n) is 3.43. The Kier molecular flexibility index (Phi) is 4.65. The Bertz CT molecular complexity index is 263. The zero-order valence-electron chi connectivity index (χ0n) is 12.3. The van der Waals surface area contributed by atoms with Crippen molar-refractivity contribution in [2.45, 2.75) is 95.6 Å². The Labute approximate surface area is 118 Å². The van der Waals surface area contributed by atoms with Crippen LogP contribution in [-0.4, -0.2) is 17.1 Å². The molecule has 0 aromatic carbocycles. The van der Waals surface area contributed by atoms with Crippen LogP contribution in [0.4, 0.5) is 0 Å². The van der Waals surface area contributed by atoms with Crippen LogP contribution in [0.2, 0.25) is 0 Å². The van der Waals surface area contributed by atoms with Crippen molar-refractivity contribution >= 4 is 11.6 Å². The highest BCUT2D eigenvalue weighted by Gasteiger charge is 2.40. The highest BCUT2D eigenvalue weighted by molar-refractivity contribution is 6.21. The van der Waals surface area contributed by atoms with Crippen molar-refractivity contribution in [3.05, 3.63) is 0 Å². The van der Waals surface area contributed by atoms with Gasteiger partial charge in [-0.1, -0.05) is 40.0 Å². The molecular formula is C16H29ClO. The molecule has 1 saturated heterocycles. The molecule has 0 radical (unpaired) electrons. The monoisotopic (exact) mass is 272 g/mol. The summed E-state index contributed by atoms with van der Waals surface area (Å²) in [6.07, 6.45) is 12.0. The number of halogens is 1. The van der Waals surface area contributed by atoms with Crippen LogP contribution in [0.1, 0.15) is 78.6 Å². The van der Waals surface area contributed by atoms with Gasteiger partial charge >= 0.3 is 0 Å². The van der Waals surface area contributed by atoms with Crippen LogP contribution < -0.4 is 0 Å². The van der Waals surface area contributed by atoms with E-state index in [4.69, 9.17) is 16.3 Å². The maximum absolute atomic E-state index is 6.46. The largest absolute Gasteiger partial charge is 0.372 e. The van der Waals surface area contributed by atoms with Gasteiger partial charge in [-0.2, -0.15) is 0 Å². The summed E-state index contributed by atoms with van der Waals surface area (Å²) in [7, 11) is 0. The molecular weight excluding hydrogens is 244 g/mol. The molecule has 0 amide bonds. The summed E-state index contributed by atoms with van der Waals surface area (Å²) in [5.74, 6) is 0. The second-order valence-corrected chi connectivity index (χ2v) is 7.96. The van der Waals surface area contributed by atoms with Gasteiger partial charge in [-0.3, -0.25) is 0 Å². The smallest absolute Gasteiger partial charge is 0.0687 e. The van der Waals surface area contributed by atoms with Crippen LogP contribution in [0.25, 0.3) is 0 Å². The molecule has 1 aliphatic heterocycles. The van der Waals surface area contributed by atoms with Crippen molar-refractivity contribution in [2.75, 3.05) is 0 Å². The van der Waals surface area contributed by atoms with E-state index in [0.29, 0.717) is 6.10 Å². The van der Waals surface area contributed by atoms with Gasteiger partial charge in [0.25, 0.3) is 0 Å². The van der Waals surface area contributed by atoms with Gasteiger partial charge in [-0.25, -0.2) is 0 Å². The molecule has 0 aromatic rings. The Hall–Kier alpha value is 0.250. The van der Waals surface area contributed by atoms with Crippen LogP contribution in [0.5, 0.6) is 0 Å². The van der Waals surface area contributed by atoms with Crippen LogP contribution in [0.15, 0.2) is 0 Å². The van der Waals surface area contributed by atoms with E-state index >= 15 is 0 Å². The number of rotatable bonds is 3. The third-order valence-electron chi connectivity index (χ3n) is 4.79. The fourth-order valence-corrected chi connectivity index (χ4v) is 3.55. The van der Waals surface area contributed by atoms with Crippen LogP contribution in [-0.2, 0) is 4.74 Å². The van der Waals surface area contributed by atoms with E-state index in [9.17, 15) is 0 Å². The lowest BCUT2D eigenvalue weighted by molar-refractivity contribution is -0.0663. The topological polar surface area (TPSA) is 9.23 Å². The molecule has 2 rings (SSSR count). The Morgan fingerprint density at radius 1 is 1.17 bits per heavy atom. The van der Waals surface area contributed by atoms with Gasteiger partial charge in [0.2, 0.25) is 0 Å². The van der Waals surface area contributed by atoms with E-state index in [-0.39, 0.29) is 16.4 Å². The first-order chi connectivity index (χ1) is 8.41. The van der Waals surface area contributed by atoms with Crippen molar-refractivity contribution < 1.29 is 4.74 Å². The van der Waals surface area contributed by atoms with Gasteiger partial charge in [0.05, 0.1) is 11.7 Å². The molecule has 1 spiro atoms. The maximum Gasteiger partial charge on any atom is 0.0687 e. The standard InChI is InChI=1S/C16H29ClO/c1-15(2,3)14(17)8-7-13-9-12-16(18-13)10-5-4-6-11-16/h13-14H,4-12H2,1-3H3. The summed E-state index contributed by atoms with van der Waals surface area (Å²) < 4.78 is 6.39. The van der Waals surface area contributed by atoms with Crippen molar-refractivity contribution in [1.29, 1.82) is 0 Å². The molecule has 2 aliphatic rings. The van der Waals surface area contributed by atoms with E-state index in [1.165, 1.54) is 44.9 Å². The summed E-state index contributed by atoms with van der Waals surface area (Å²) in [6.45, 7) is 6.67. The molecule has 0 N–H and O–H groups in total. The maximum atomic E-state index is 6.46. The van der Waals surface area contributed by atoms with Crippen LogP contribution in [0, 0.1) is 5.41 Å². The number of hydrogen-bond donors (Lipinski definition) is 0. The Balaban J connectivity index is 1.76. The molecule has 2 unspecified atom stereocenters. The van der Waals surface area contributed by atoms with Crippen molar-refractivity contribution in [3.8, 4) is 0 Å². The van der Waals surface area contributed by atoms with Crippen LogP contribution >= 0.6 is 11.6 Å². The van der Waals surface area contributed by atoms with E-state index < -0.39 is 0 Å². The fraction of sp³-hybridized carbons (Fsp3) is 1.00. The summed E-state index contributed by atoms with van der Waals surface area (Å²) in [6, 6.07) is 0. The summed E-state index contributed by atoms with van der Waals surface area (Å²) in [5, 5.41) is 0.268. The minimum absolute atomic E-state index is 0.211. The lowest BCUT2D eigenvalue weighted by Crippen LogP contribution is -2.32. The summed E-state index contributed by atoms with van der Waals surface area (Å²) in [5.41, 5.74) is 0.481. The summed E-state index contributed by atoms with van der Waals surface area (Å²) in [4.78, 5) is 0. The zero-order chi connectivity index (χ0) is 13.2. The first-order valence-electron chi connectivity index (χ1n) is 7.73. The first-order valence-corrected chi connectivity index (χ1v) is 8.17. The van der Waals surface area contributed by atoms with Gasteiger partial charge < -0.3 is 4.74 Å². The Morgan fingerprint density at radius 2 is 1.83 bits per heavy atom. The third kappa shape index (κ3) is 3.63. The van der Waals surface area contributed by atoms with Gasteiger partial charge in [0.15, 0.2) is 0 Å². The normalized spacial score (nSPS) is 29.7.